The lowest BCUT2D eigenvalue weighted by Gasteiger charge is -2.33. The number of benzene rings is 2. The van der Waals surface area contributed by atoms with Gasteiger partial charge in [0.1, 0.15) is 25.8 Å². The Labute approximate surface area is 217 Å². The molecule has 9 nitrogen and oxygen atoms in total. The van der Waals surface area contributed by atoms with E-state index in [9.17, 15) is 18.0 Å². The Morgan fingerprint density at radius 1 is 1.08 bits per heavy atom. The van der Waals surface area contributed by atoms with Crippen LogP contribution < -0.4 is 19.1 Å². The molecular weight excluding hydrogens is 506 g/mol. The molecule has 1 N–H and O–H groups in total. The van der Waals surface area contributed by atoms with Gasteiger partial charge in [-0.2, -0.15) is 0 Å². The van der Waals surface area contributed by atoms with Crippen LogP contribution >= 0.6 is 11.6 Å². The number of ether oxygens (including phenoxy) is 2. The van der Waals surface area contributed by atoms with Gasteiger partial charge in [-0.25, -0.2) is 8.42 Å². The van der Waals surface area contributed by atoms with Crippen molar-refractivity contribution in [2.75, 3.05) is 30.3 Å². The van der Waals surface area contributed by atoms with E-state index in [-0.39, 0.29) is 24.2 Å². The molecule has 0 fully saturated rings. The maximum absolute atomic E-state index is 13.7. The zero-order valence-corrected chi connectivity index (χ0v) is 22.4. The Kier molecular flexibility index (Phi) is 9.08. The molecule has 1 aliphatic rings. The monoisotopic (exact) mass is 537 g/mol. The molecule has 0 unspecified atom stereocenters. The van der Waals surface area contributed by atoms with Crippen LogP contribution in [0.25, 0.3) is 0 Å². The number of hydrogen-bond acceptors (Lipinski definition) is 6. The third-order valence-corrected chi connectivity index (χ3v) is 7.12. The normalized spacial score (nSPS) is 13.7. The van der Waals surface area contributed by atoms with Gasteiger partial charge in [0.2, 0.25) is 21.8 Å². The number of fused-ring (bicyclic) bond motifs is 1. The summed E-state index contributed by atoms with van der Waals surface area (Å²) in [7, 11) is -3.86. The lowest BCUT2D eigenvalue weighted by molar-refractivity contribution is -0.140. The highest BCUT2D eigenvalue weighted by Gasteiger charge is 2.32. The van der Waals surface area contributed by atoms with Crippen molar-refractivity contribution < 1.29 is 27.5 Å². The first-order valence-corrected chi connectivity index (χ1v) is 13.9. The van der Waals surface area contributed by atoms with E-state index in [1.54, 1.807) is 43.3 Å². The molecule has 1 atom stereocenters. The van der Waals surface area contributed by atoms with Crippen LogP contribution in [0.5, 0.6) is 11.5 Å². The number of sulfonamides is 1. The summed E-state index contributed by atoms with van der Waals surface area (Å²) in [5.74, 6) is 0.0381. The SMILES string of the molecule is CC[C@H](C(=O)NC(C)C)N(Cc1ccccc1Cl)C(=O)CN(c1ccc2c(c1)OCCO2)S(C)(=O)=O. The average molecular weight is 538 g/mol. The summed E-state index contributed by atoms with van der Waals surface area (Å²) in [6.07, 6.45) is 1.36. The summed E-state index contributed by atoms with van der Waals surface area (Å²) in [5, 5.41) is 3.30. The summed E-state index contributed by atoms with van der Waals surface area (Å²) in [4.78, 5) is 28.1. The van der Waals surface area contributed by atoms with Crippen LogP contribution in [0.15, 0.2) is 42.5 Å². The second kappa shape index (κ2) is 11.8. The van der Waals surface area contributed by atoms with Crippen molar-refractivity contribution in [3.8, 4) is 11.5 Å². The van der Waals surface area contributed by atoms with E-state index in [4.69, 9.17) is 21.1 Å². The second-order valence-electron chi connectivity index (χ2n) is 8.80. The molecular formula is C25H32ClN3O6S. The Morgan fingerprint density at radius 3 is 2.36 bits per heavy atom. The largest absolute Gasteiger partial charge is 0.486 e. The van der Waals surface area contributed by atoms with Crippen LogP contribution in [0.2, 0.25) is 5.02 Å². The van der Waals surface area contributed by atoms with Gasteiger partial charge >= 0.3 is 0 Å². The maximum atomic E-state index is 13.7. The minimum absolute atomic E-state index is 0.0429. The highest BCUT2D eigenvalue weighted by molar-refractivity contribution is 7.92. The van der Waals surface area contributed by atoms with Gasteiger partial charge in [0.25, 0.3) is 0 Å². The third kappa shape index (κ3) is 6.82. The first-order valence-electron chi connectivity index (χ1n) is 11.7. The molecule has 0 aromatic heterocycles. The van der Waals surface area contributed by atoms with E-state index in [2.05, 4.69) is 5.32 Å². The molecule has 3 rings (SSSR count). The first-order chi connectivity index (χ1) is 17.0. The van der Waals surface area contributed by atoms with Crippen LogP contribution in [0.1, 0.15) is 32.8 Å². The molecule has 1 aliphatic heterocycles. The van der Waals surface area contributed by atoms with E-state index >= 15 is 0 Å². The van der Waals surface area contributed by atoms with Crippen molar-refractivity contribution in [1.82, 2.24) is 10.2 Å². The van der Waals surface area contributed by atoms with Crippen molar-refractivity contribution in [3.63, 3.8) is 0 Å². The molecule has 0 saturated carbocycles. The molecule has 0 bridgehead atoms. The van der Waals surface area contributed by atoms with Crippen LogP contribution in [-0.4, -0.2) is 63.2 Å². The molecule has 1 heterocycles. The van der Waals surface area contributed by atoms with Gasteiger partial charge in [0.15, 0.2) is 11.5 Å². The smallest absolute Gasteiger partial charge is 0.244 e. The van der Waals surface area contributed by atoms with Gasteiger partial charge in [-0.1, -0.05) is 36.7 Å². The number of halogens is 1. The van der Waals surface area contributed by atoms with Gasteiger partial charge in [-0.05, 0) is 44.0 Å². The van der Waals surface area contributed by atoms with Crippen LogP contribution in [0, 0.1) is 0 Å². The predicted molar refractivity (Wildman–Crippen MR) is 139 cm³/mol. The molecule has 2 amide bonds. The Morgan fingerprint density at radius 2 is 1.75 bits per heavy atom. The fraction of sp³-hybridized carbons (Fsp3) is 0.440. The van der Waals surface area contributed by atoms with Crippen molar-refractivity contribution in [3.05, 3.63) is 53.1 Å². The molecule has 36 heavy (non-hydrogen) atoms. The van der Waals surface area contributed by atoms with Gasteiger partial charge < -0.3 is 19.7 Å². The summed E-state index contributed by atoms with van der Waals surface area (Å²) in [6, 6.07) is 10.8. The van der Waals surface area contributed by atoms with E-state index in [1.807, 2.05) is 13.8 Å². The molecule has 196 valence electrons. The van der Waals surface area contributed by atoms with Crippen LogP contribution in [-0.2, 0) is 26.2 Å². The van der Waals surface area contributed by atoms with Crippen molar-refractivity contribution >= 4 is 39.1 Å². The van der Waals surface area contributed by atoms with Gasteiger partial charge in [0, 0.05) is 23.7 Å². The number of rotatable bonds is 10. The van der Waals surface area contributed by atoms with E-state index in [0.29, 0.717) is 41.7 Å². The third-order valence-electron chi connectivity index (χ3n) is 5.61. The number of amides is 2. The van der Waals surface area contributed by atoms with E-state index in [0.717, 1.165) is 10.6 Å². The minimum atomic E-state index is -3.86. The molecule has 0 radical (unpaired) electrons. The second-order valence-corrected chi connectivity index (χ2v) is 11.1. The zero-order chi connectivity index (χ0) is 26.5. The van der Waals surface area contributed by atoms with Crippen LogP contribution in [0.4, 0.5) is 5.69 Å². The topological polar surface area (TPSA) is 105 Å². The molecule has 0 aliphatic carbocycles. The fourth-order valence-corrected chi connectivity index (χ4v) is 4.95. The highest BCUT2D eigenvalue weighted by Crippen LogP contribution is 2.34. The summed E-state index contributed by atoms with van der Waals surface area (Å²) < 4.78 is 37.6. The highest BCUT2D eigenvalue weighted by atomic mass is 35.5. The number of carbonyl (C=O) groups is 2. The standard InChI is InChI=1S/C25H32ClN3O6S/c1-5-21(25(31)27-17(2)3)28(15-18-8-6-7-9-20(18)26)24(30)16-29(36(4,32)33)19-10-11-22-23(14-19)35-13-12-34-22/h6-11,14,17,21H,5,12-13,15-16H2,1-4H3,(H,27,31)/t21-/m1/s1. The zero-order valence-electron chi connectivity index (χ0n) is 20.9. The number of hydrogen-bond donors (Lipinski definition) is 1. The quantitative estimate of drug-likeness (QED) is 0.499. The number of nitrogens with one attached hydrogen (secondary N) is 1. The molecule has 11 heteroatoms. The minimum Gasteiger partial charge on any atom is -0.486 e. The predicted octanol–water partition coefficient (Wildman–Crippen LogP) is 3.21. The van der Waals surface area contributed by atoms with Gasteiger partial charge in [-0.15, -0.1) is 0 Å². The fourth-order valence-electron chi connectivity index (χ4n) is 3.91. The number of nitrogens with zero attached hydrogens (tertiary/aromatic N) is 2. The van der Waals surface area contributed by atoms with Crippen molar-refractivity contribution in [2.45, 2.75) is 45.8 Å². The summed E-state index contributed by atoms with van der Waals surface area (Å²) >= 11 is 6.36. The van der Waals surface area contributed by atoms with Crippen LogP contribution in [0.3, 0.4) is 0 Å². The maximum Gasteiger partial charge on any atom is 0.244 e. The lowest BCUT2D eigenvalue weighted by Crippen LogP contribution is -2.53. The van der Waals surface area contributed by atoms with Crippen molar-refractivity contribution in [2.24, 2.45) is 0 Å². The Balaban J connectivity index is 1.97. The molecule has 0 saturated heterocycles. The average Bonchev–Trinajstić information content (AvgIpc) is 2.82. The van der Waals surface area contributed by atoms with Crippen molar-refractivity contribution in [1.29, 1.82) is 0 Å². The lowest BCUT2D eigenvalue weighted by atomic mass is 10.1. The Bertz CT molecular complexity index is 1200. The summed E-state index contributed by atoms with van der Waals surface area (Å²) in [6.45, 7) is 5.73. The van der Waals surface area contributed by atoms with E-state index < -0.39 is 28.5 Å². The molecule has 0 spiro atoms. The first kappa shape index (κ1) is 27.6. The van der Waals surface area contributed by atoms with E-state index in [1.165, 1.54) is 11.0 Å². The van der Waals surface area contributed by atoms with Gasteiger partial charge in [0.05, 0.1) is 11.9 Å². The number of anilines is 1. The Hall–Kier alpha value is -2.98. The molecule has 2 aromatic carbocycles. The molecule has 2 aromatic rings. The summed E-state index contributed by atoms with van der Waals surface area (Å²) in [5.41, 5.74) is 0.904. The number of carbonyl (C=O) groups excluding carboxylic acids is 2. The van der Waals surface area contributed by atoms with Gasteiger partial charge in [-0.3, -0.25) is 13.9 Å².